The van der Waals surface area contributed by atoms with Gasteiger partial charge in [-0.25, -0.2) is 4.68 Å². The van der Waals surface area contributed by atoms with Crippen molar-refractivity contribution in [3.63, 3.8) is 0 Å². The molecule has 0 aromatic carbocycles. The van der Waals surface area contributed by atoms with Gasteiger partial charge in [-0.1, -0.05) is 5.21 Å². The van der Waals surface area contributed by atoms with Crippen LogP contribution in [0.25, 0.3) is 0 Å². The lowest BCUT2D eigenvalue weighted by Gasteiger charge is -2.05. The second kappa shape index (κ2) is 5.25. The molecular weight excluding hydrogens is 250 g/mol. The van der Waals surface area contributed by atoms with Gasteiger partial charge < -0.3 is 10.4 Å². The minimum atomic E-state index is -1.05. The van der Waals surface area contributed by atoms with Crippen LogP contribution in [0.15, 0.2) is 24.7 Å². The molecule has 8 heteroatoms. The zero-order valence-corrected chi connectivity index (χ0v) is 10.1. The molecule has 0 aliphatic heterocycles. The molecule has 0 radical (unpaired) electrons. The van der Waals surface area contributed by atoms with Crippen LogP contribution in [0.5, 0.6) is 0 Å². The topological polar surface area (TPSA) is 110 Å². The molecule has 2 rings (SSSR count). The molecule has 2 heterocycles. The van der Waals surface area contributed by atoms with Crippen LogP contribution in [0.2, 0.25) is 0 Å². The summed E-state index contributed by atoms with van der Waals surface area (Å²) in [6.07, 6.45) is 4.46. The summed E-state index contributed by atoms with van der Waals surface area (Å²) in [5, 5.41) is 18.4. The van der Waals surface area contributed by atoms with E-state index in [1.54, 1.807) is 18.5 Å². The Bertz CT molecular complexity index is 622. The summed E-state index contributed by atoms with van der Waals surface area (Å²) in [6, 6.07) is 1.66. The average Bonchev–Trinajstić information content (AvgIpc) is 2.79. The SMILES string of the molecule is Cc1cnccc1NC(=O)c1cn(CC(=O)O)nn1. The molecule has 0 aliphatic rings. The van der Waals surface area contributed by atoms with Gasteiger partial charge in [0.2, 0.25) is 0 Å². The Kier molecular flexibility index (Phi) is 3.51. The molecule has 0 saturated carbocycles. The van der Waals surface area contributed by atoms with Crippen molar-refractivity contribution in [2.45, 2.75) is 13.5 Å². The van der Waals surface area contributed by atoms with E-state index in [-0.39, 0.29) is 12.2 Å². The molecule has 2 aromatic heterocycles. The largest absolute Gasteiger partial charge is 0.480 e. The van der Waals surface area contributed by atoms with Crippen molar-refractivity contribution in [1.29, 1.82) is 0 Å². The minimum absolute atomic E-state index is 0.0532. The predicted octanol–water partition coefficient (Wildman–Crippen LogP) is 0.318. The molecule has 8 nitrogen and oxygen atoms in total. The van der Waals surface area contributed by atoms with E-state index >= 15 is 0 Å². The number of carboxylic acid groups (broad SMARTS) is 1. The Morgan fingerprint density at radius 2 is 2.26 bits per heavy atom. The monoisotopic (exact) mass is 261 g/mol. The van der Waals surface area contributed by atoms with E-state index in [0.29, 0.717) is 5.69 Å². The fourth-order valence-corrected chi connectivity index (χ4v) is 1.42. The molecule has 0 bridgehead atoms. The van der Waals surface area contributed by atoms with Crippen molar-refractivity contribution >= 4 is 17.6 Å². The van der Waals surface area contributed by atoms with Crippen molar-refractivity contribution in [3.8, 4) is 0 Å². The average molecular weight is 261 g/mol. The highest BCUT2D eigenvalue weighted by atomic mass is 16.4. The predicted molar refractivity (Wildman–Crippen MR) is 64.6 cm³/mol. The van der Waals surface area contributed by atoms with E-state index in [2.05, 4.69) is 20.6 Å². The molecule has 2 N–H and O–H groups in total. The van der Waals surface area contributed by atoms with Gasteiger partial charge in [-0.2, -0.15) is 0 Å². The summed E-state index contributed by atoms with van der Waals surface area (Å²) in [4.78, 5) is 26.3. The van der Waals surface area contributed by atoms with E-state index in [1.807, 2.05) is 6.92 Å². The van der Waals surface area contributed by atoms with Crippen LogP contribution in [0, 0.1) is 6.92 Å². The molecule has 19 heavy (non-hydrogen) atoms. The highest BCUT2D eigenvalue weighted by Gasteiger charge is 2.13. The van der Waals surface area contributed by atoms with E-state index < -0.39 is 11.9 Å². The van der Waals surface area contributed by atoms with Crippen molar-refractivity contribution in [3.05, 3.63) is 35.9 Å². The fraction of sp³-hybridized carbons (Fsp3) is 0.182. The van der Waals surface area contributed by atoms with E-state index in [9.17, 15) is 9.59 Å². The van der Waals surface area contributed by atoms with Crippen molar-refractivity contribution in [2.75, 3.05) is 5.32 Å². The number of hydrogen-bond acceptors (Lipinski definition) is 5. The van der Waals surface area contributed by atoms with Gasteiger partial charge in [0.1, 0.15) is 6.54 Å². The summed E-state index contributed by atoms with van der Waals surface area (Å²) < 4.78 is 1.08. The molecule has 0 atom stereocenters. The normalized spacial score (nSPS) is 10.2. The Hall–Kier alpha value is -2.77. The zero-order chi connectivity index (χ0) is 13.8. The Morgan fingerprint density at radius 3 is 2.95 bits per heavy atom. The minimum Gasteiger partial charge on any atom is -0.480 e. The van der Waals surface area contributed by atoms with Crippen LogP contribution in [-0.2, 0) is 11.3 Å². The number of aryl methyl sites for hydroxylation is 1. The number of aliphatic carboxylic acids is 1. The molecule has 1 amide bonds. The fourth-order valence-electron chi connectivity index (χ4n) is 1.42. The lowest BCUT2D eigenvalue weighted by atomic mass is 10.2. The molecular formula is C11H11N5O3. The van der Waals surface area contributed by atoms with Crippen LogP contribution in [-0.4, -0.2) is 37.0 Å². The first-order valence-electron chi connectivity index (χ1n) is 5.40. The van der Waals surface area contributed by atoms with E-state index in [0.717, 1.165) is 10.2 Å². The van der Waals surface area contributed by atoms with Crippen LogP contribution in [0.1, 0.15) is 16.1 Å². The third-order valence-corrected chi connectivity index (χ3v) is 2.34. The Morgan fingerprint density at radius 1 is 1.47 bits per heavy atom. The second-order valence-electron chi connectivity index (χ2n) is 3.84. The number of amides is 1. The lowest BCUT2D eigenvalue weighted by Crippen LogP contribution is -2.13. The summed E-state index contributed by atoms with van der Waals surface area (Å²) in [7, 11) is 0. The third kappa shape index (κ3) is 3.12. The highest BCUT2D eigenvalue weighted by molar-refractivity contribution is 6.02. The van der Waals surface area contributed by atoms with Gasteiger partial charge in [0.05, 0.1) is 6.20 Å². The number of carboxylic acids is 1. The molecule has 0 unspecified atom stereocenters. The van der Waals surface area contributed by atoms with Crippen LogP contribution in [0.4, 0.5) is 5.69 Å². The molecule has 0 fully saturated rings. The standard InChI is InChI=1S/C11H11N5O3/c1-7-4-12-3-2-8(7)13-11(19)9-5-16(15-14-9)6-10(17)18/h2-5H,6H2,1H3,(H,17,18)(H,12,13,19). The molecule has 0 saturated heterocycles. The van der Waals surface area contributed by atoms with Gasteiger partial charge in [-0.05, 0) is 18.6 Å². The summed E-state index contributed by atoms with van der Waals surface area (Å²) >= 11 is 0. The van der Waals surface area contributed by atoms with Crippen LogP contribution < -0.4 is 5.32 Å². The first kappa shape index (κ1) is 12.7. The number of hydrogen-bond donors (Lipinski definition) is 2. The number of nitrogens with zero attached hydrogens (tertiary/aromatic N) is 4. The van der Waals surface area contributed by atoms with Crippen molar-refractivity contribution < 1.29 is 14.7 Å². The molecule has 0 spiro atoms. The van der Waals surface area contributed by atoms with Gasteiger partial charge >= 0.3 is 5.97 Å². The first-order chi connectivity index (χ1) is 9.06. The highest BCUT2D eigenvalue weighted by Crippen LogP contribution is 2.12. The van der Waals surface area contributed by atoms with Crippen LogP contribution in [0.3, 0.4) is 0 Å². The van der Waals surface area contributed by atoms with Gasteiger partial charge in [-0.3, -0.25) is 14.6 Å². The smallest absolute Gasteiger partial charge is 0.325 e. The van der Waals surface area contributed by atoms with E-state index in [4.69, 9.17) is 5.11 Å². The number of rotatable bonds is 4. The molecule has 98 valence electrons. The number of carbonyl (C=O) groups is 2. The van der Waals surface area contributed by atoms with Gasteiger partial charge in [0.15, 0.2) is 5.69 Å². The second-order valence-corrected chi connectivity index (χ2v) is 3.84. The lowest BCUT2D eigenvalue weighted by molar-refractivity contribution is -0.137. The summed E-state index contributed by atoms with van der Waals surface area (Å²) in [5.74, 6) is -1.51. The summed E-state index contributed by atoms with van der Waals surface area (Å²) in [5.41, 5.74) is 1.49. The number of carbonyl (C=O) groups excluding carboxylic acids is 1. The number of pyridine rings is 1. The number of nitrogens with one attached hydrogen (secondary N) is 1. The maximum Gasteiger partial charge on any atom is 0.325 e. The maximum absolute atomic E-state index is 11.9. The zero-order valence-electron chi connectivity index (χ0n) is 10.1. The maximum atomic E-state index is 11.9. The van der Waals surface area contributed by atoms with Crippen molar-refractivity contribution in [2.24, 2.45) is 0 Å². The van der Waals surface area contributed by atoms with E-state index in [1.165, 1.54) is 6.20 Å². The van der Waals surface area contributed by atoms with Crippen molar-refractivity contribution in [1.82, 2.24) is 20.0 Å². The Balaban J connectivity index is 2.10. The first-order valence-corrected chi connectivity index (χ1v) is 5.40. The third-order valence-electron chi connectivity index (χ3n) is 2.34. The van der Waals surface area contributed by atoms with Gasteiger partial charge in [-0.15, -0.1) is 5.10 Å². The van der Waals surface area contributed by atoms with Crippen LogP contribution >= 0.6 is 0 Å². The Labute approximate surface area is 108 Å². The molecule has 0 aliphatic carbocycles. The number of anilines is 1. The number of aromatic nitrogens is 4. The molecule has 2 aromatic rings. The van der Waals surface area contributed by atoms with Gasteiger partial charge in [0.25, 0.3) is 5.91 Å². The van der Waals surface area contributed by atoms with Gasteiger partial charge in [0, 0.05) is 18.1 Å². The quantitative estimate of drug-likeness (QED) is 0.820. The summed E-state index contributed by atoms with van der Waals surface area (Å²) in [6.45, 7) is 1.47.